The molecule has 0 aromatic heterocycles. The number of hydrogen-bond acceptors (Lipinski definition) is 3. The number of nitrogens with one attached hydrogen (secondary N) is 1. The van der Waals surface area contributed by atoms with Crippen molar-refractivity contribution in [3.8, 4) is 5.75 Å². The van der Waals surface area contributed by atoms with Crippen LogP contribution in [0.15, 0.2) is 24.3 Å². The summed E-state index contributed by atoms with van der Waals surface area (Å²) < 4.78 is 5.03. The van der Waals surface area contributed by atoms with Gasteiger partial charge in [-0.1, -0.05) is 46.4 Å². The molecule has 0 aliphatic heterocycles. The summed E-state index contributed by atoms with van der Waals surface area (Å²) in [6, 6.07) is 5.88. The molecule has 116 valence electrons. The van der Waals surface area contributed by atoms with Gasteiger partial charge >= 0.3 is 0 Å². The number of anilines is 2. The molecule has 1 amide bonds. The second-order valence-electron chi connectivity index (χ2n) is 4.28. The van der Waals surface area contributed by atoms with Crippen molar-refractivity contribution in [1.82, 2.24) is 0 Å². The summed E-state index contributed by atoms with van der Waals surface area (Å²) in [5.74, 6) is -0.123. The van der Waals surface area contributed by atoms with E-state index in [0.717, 1.165) is 0 Å². The maximum absolute atomic E-state index is 12.2. The Morgan fingerprint density at radius 3 is 1.95 bits per heavy atom. The van der Waals surface area contributed by atoms with Gasteiger partial charge in [-0.25, -0.2) is 0 Å². The summed E-state index contributed by atoms with van der Waals surface area (Å²) in [7, 11) is 1.44. The Labute approximate surface area is 147 Å². The summed E-state index contributed by atoms with van der Waals surface area (Å²) in [6.07, 6.45) is 0. The Balaban J connectivity index is 2.30. The Morgan fingerprint density at radius 1 is 1.00 bits per heavy atom. The first-order chi connectivity index (χ1) is 10.3. The normalized spacial score (nSPS) is 10.4. The van der Waals surface area contributed by atoms with E-state index in [1.54, 1.807) is 0 Å². The lowest BCUT2D eigenvalue weighted by molar-refractivity contribution is 0.102. The van der Waals surface area contributed by atoms with Gasteiger partial charge in [-0.2, -0.15) is 0 Å². The molecule has 0 atom stereocenters. The van der Waals surface area contributed by atoms with Crippen LogP contribution in [0.1, 0.15) is 10.4 Å². The lowest BCUT2D eigenvalue weighted by Gasteiger charge is -2.11. The van der Waals surface area contributed by atoms with Gasteiger partial charge in [-0.15, -0.1) is 0 Å². The van der Waals surface area contributed by atoms with Crippen molar-refractivity contribution in [1.29, 1.82) is 0 Å². The zero-order valence-corrected chi connectivity index (χ0v) is 14.2. The molecule has 0 unspecified atom stereocenters. The van der Waals surface area contributed by atoms with Gasteiger partial charge in [0.1, 0.15) is 0 Å². The maximum Gasteiger partial charge on any atom is 0.255 e. The van der Waals surface area contributed by atoms with Crippen LogP contribution in [0.5, 0.6) is 5.75 Å². The first-order valence-corrected chi connectivity index (χ1v) is 7.43. The first-order valence-electron chi connectivity index (χ1n) is 5.92. The predicted octanol–water partition coefficient (Wildman–Crippen LogP) is 5.14. The van der Waals surface area contributed by atoms with Crippen molar-refractivity contribution < 1.29 is 9.53 Å². The van der Waals surface area contributed by atoms with E-state index in [0.29, 0.717) is 11.4 Å². The fourth-order valence-corrected chi connectivity index (χ4v) is 2.87. The topological polar surface area (TPSA) is 64.3 Å². The van der Waals surface area contributed by atoms with E-state index < -0.39 is 5.91 Å². The van der Waals surface area contributed by atoms with E-state index in [4.69, 9.17) is 56.9 Å². The first kappa shape index (κ1) is 17.0. The minimum absolute atomic E-state index is 0.230. The zero-order chi connectivity index (χ0) is 16.4. The molecule has 0 aliphatic carbocycles. The predicted molar refractivity (Wildman–Crippen MR) is 91.8 cm³/mol. The van der Waals surface area contributed by atoms with Gasteiger partial charge in [0.2, 0.25) is 0 Å². The van der Waals surface area contributed by atoms with Gasteiger partial charge in [0.25, 0.3) is 5.91 Å². The third-order valence-electron chi connectivity index (χ3n) is 2.80. The Bertz CT molecular complexity index is 704. The number of amides is 1. The minimum atomic E-state index is -0.427. The molecule has 0 aliphatic rings. The highest BCUT2D eigenvalue weighted by Crippen LogP contribution is 2.35. The van der Waals surface area contributed by atoms with Crippen molar-refractivity contribution >= 4 is 63.7 Å². The summed E-state index contributed by atoms with van der Waals surface area (Å²) >= 11 is 23.8. The molecule has 22 heavy (non-hydrogen) atoms. The van der Waals surface area contributed by atoms with Crippen LogP contribution in [0.4, 0.5) is 11.4 Å². The number of nitrogen functional groups attached to an aromatic ring is 1. The van der Waals surface area contributed by atoms with Gasteiger partial charge in [0, 0.05) is 11.3 Å². The number of carbonyl (C=O) groups excluding carboxylic acids is 1. The summed E-state index contributed by atoms with van der Waals surface area (Å²) in [5, 5.41) is 3.59. The highest BCUT2D eigenvalue weighted by Gasteiger charge is 2.14. The average molecular weight is 380 g/mol. The number of halogens is 4. The van der Waals surface area contributed by atoms with E-state index in [1.807, 2.05) is 0 Å². The van der Waals surface area contributed by atoms with Crippen molar-refractivity contribution in [2.45, 2.75) is 0 Å². The van der Waals surface area contributed by atoms with E-state index >= 15 is 0 Å². The summed E-state index contributed by atoms with van der Waals surface area (Å²) in [5.41, 5.74) is 6.55. The molecular weight excluding hydrogens is 370 g/mol. The highest BCUT2D eigenvalue weighted by atomic mass is 35.5. The van der Waals surface area contributed by atoms with Crippen molar-refractivity contribution in [2.75, 3.05) is 18.2 Å². The number of benzene rings is 2. The third kappa shape index (κ3) is 3.52. The van der Waals surface area contributed by atoms with Crippen LogP contribution in [0.2, 0.25) is 20.1 Å². The Morgan fingerprint density at radius 2 is 1.50 bits per heavy atom. The largest absolute Gasteiger partial charge is 0.494 e. The number of methoxy groups -OCH3 is 1. The summed E-state index contributed by atoms with van der Waals surface area (Å²) in [4.78, 5) is 12.2. The number of carbonyl (C=O) groups is 1. The minimum Gasteiger partial charge on any atom is -0.494 e. The van der Waals surface area contributed by atoms with Crippen molar-refractivity contribution in [3.63, 3.8) is 0 Å². The second kappa shape index (κ2) is 6.84. The SMILES string of the molecule is COc1c(Cl)cc(C(=O)Nc2cc(Cl)c(N)c(Cl)c2)cc1Cl. The fraction of sp³-hybridized carbons (Fsp3) is 0.0714. The molecule has 3 N–H and O–H groups in total. The van der Waals surface area contributed by atoms with E-state index in [-0.39, 0.29) is 31.3 Å². The zero-order valence-electron chi connectivity index (χ0n) is 11.2. The van der Waals surface area contributed by atoms with Crippen LogP contribution >= 0.6 is 46.4 Å². The fourth-order valence-electron chi connectivity index (χ4n) is 1.75. The van der Waals surface area contributed by atoms with Crippen LogP contribution < -0.4 is 15.8 Å². The number of rotatable bonds is 3. The molecule has 0 saturated carbocycles. The Hall–Kier alpha value is -1.33. The quantitative estimate of drug-likeness (QED) is 0.725. The van der Waals surface area contributed by atoms with E-state index in [2.05, 4.69) is 5.32 Å². The monoisotopic (exact) mass is 378 g/mol. The highest BCUT2D eigenvalue weighted by molar-refractivity contribution is 6.39. The summed E-state index contributed by atoms with van der Waals surface area (Å²) in [6.45, 7) is 0. The molecule has 0 saturated heterocycles. The maximum atomic E-state index is 12.2. The average Bonchev–Trinajstić information content (AvgIpc) is 2.44. The van der Waals surface area contributed by atoms with Crippen LogP contribution in [-0.2, 0) is 0 Å². The van der Waals surface area contributed by atoms with Crippen LogP contribution in [0.25, 0.3) is 0 Å². The van der Waals surface area contributed by atoms with E-state index in [9.17, 15) is 4.79 Å². The smallest absolute Gasteiger partial charge is 0.255 e. The standard InChI is InChI=1S/C14H10Cl4N2O2/c1-22-13-10(17)2-6(3-11(13)18)14(21)20-7-4-8(15)12(19)9(16)5-7/h2-5H,19H2,1H3,(H,20,21). The molecule has 0 spiro atoms. The second-order valence-corrected chi connectivity index (χ2v) is 5.91. The molecule has 0 fully saturated rings. The van der Waals surface area contributed by atoms with Gasteiger partial charge in [0.15, 0.2) is 5.75 Å². The molecular formula is C14H10Cl4N2O2. The van der Waals surface area contributed by atoms with Crippen LogP contribution in [-0.4, -0.2) is 13.0 Å². The van der Waals surface area contributed by atoms with Crippen molar-refractivity contribution in [2.24, 2.45) is 0 Å². The lowest BCUT2D eigenvalue weighted by Crippen LogP contribution is -2.12. The van der Waals surface area contributed by atoms with Gasteiger partial charge in [-0.05, 0) is 24.3 Å². The van der Waals surface area contributed by atoms with Crippen LogP contribution in [0.3, 0.4) is 0 Å². The number of hydrogen-bond donors (Lipinski definition) is 2. The molecule has 8 heteroatoms. The number of nitrogens with two attached hydrogens (primary N) is 1. The lowest BCUT2D eigenvalue weighted by atomic mass is 10.2. The van der Waals surface area contributed by atoms with Gasteiger partial charge in [-0.3, -0.25) is 4.79 Å². The third-order valence-corrected chi connectivity index (χ3v) is 3.99. The van der Waals surface area contributed by atoms with Crippen molar-refractivity contribution in [3.05, 3.63) is 49.9 Å². The molecule has 0 heterocycles. The molecule has 4 nitrogen and oxygen atoms in total. The van der Waals surface area contributed by atoms with E-state index in [1.165, 1.54) is 31.4 Å². The number of ether oxygens (including phenoxy) is 1. The molecule has 2 aromatic rings. The molecule has 2 aromatic carbocycles. The Kier molecular flexibility index (Phi) is 5.29. The van der Waals surface area contributed by atoms with Gasteiger partial charge < -0.3 is 15.8 Å². The molecule has 0 bridgehead atoms. The molecule has 0 radical (unpaired) electrons. The van der Waals surface area contributed by atoms with Crippen LogP contribution in [0, 0.1) is 0 Å². The van der Waals surface area contributed by atoms with Gasteiger partial charge in [0.05, 0.1) is 32.9 Å². The molecule has 2 rings (SSSR count).